The van der Waals surface area contributed by atoms with Crippen LogP contribution in [0.25, 0.3) is 0 Å². The van der Waals surface area contributed by atoms with E-state index in [1.54, 1.807) is 0 Å². The molecule has 0 amide bonds. The quantitative estimate of drug-likeness (QED) is 0.494. The van der Waals surface area contributed by atoms with E-state index in [2.05, 4.69) is 64.2 Å². The van der Waals surface area contributed by atoms with E-state index < -0.39 is 0 Å². The molecule has 1 saturated heterocycles. The van der Waals surface area contributed by atoms with Gasteiger partial charge in [0, 0.05) is 25.4 Å². The number of nitrogens with one attached hydrogen (secondary N) is 1. The zero-order chi connectivity index (χ0) is 17.1. The van der Waals surface area contributed by atoms with Crippen LogP contribution in [-0.4, -0.2) is 19.8 Å². The van der Waals surface area contributed by atoms with Gasteiger partial charge in [-0.25, -0.2) is 19.1 Å². The molecule has 2 rings (SSSR count). The molecule has 1 aliphatic rings. The molecular weight excluding hydrogens is 289 g/mol. The molecule has 0 saturated carbocycles. The Balaban J connectivity index is 0.000000751. The molecule has 1 heterocycles. The monoisotopic (exact) mass is 323 g/mol. The van der Waals surface area contributed by atoms with Crippen LogP contribution in [0.5, 0.6) is 0 Å². The van der Waals surface area contributed by atoms with E-state index in [4.69, 9.17) is 4.74 Å². The van der Waals surface area contributed by atoms with Crippen LogP contribution < -0.4 is 24.2 Å². The molecule has 0 unspecified atom stereocenters. The number of hydrogen-bond donors (Lipinski definition) is 1. The van der Waals surface area contributed by atoms with Crippen molar-refractivity contribution in [3.8, 4) is 0 Å². The van der Waals surface area contributed by atoms with Gasteiger partial charge in [0.25, 0.3) is 0 Å². The second-order valence-corrected chi connectivity index (χ2v) is 6.63. The number of rotatable bonds is 6. The van der Waals surface area contributed by atoms with Crippen molar-refractivity contribution >= 4 is 5.69 Å². The molecule has 1 fully saturated rings. The van der Waals surface area contributed by atoms with E-state index in [0.717, 1.165) is 26.2 Å². The van der Waals surface area contributed by atoms with Crippen molar-refractivity contribution in [2.24, 2.45) is 0 Å². The molecule has 1 aliphatic heterocycles. The van der Waals surface area contributed by atoms with Gasteiger partial charge in [0.2, 0.25) is 0 Å². The van der Waals surface area contributed by atoms with Crippen LogP contribution >= 0.6 is 0 Å². The van der Waals surface area contributed by atoms with Gasteiger partial charge in [-0.2, -0.15) is 0 Å². The molecule has 2 nitrogen and oxygen atoms in total. The number of benzene rings is 1. The van der Waals surface area contributed by atoms with Crippen LogP contribution in [-0.2, 0) is 4.74 Å². The first kappa shape index (κ1) is 23.2. The van der Waals surface area contributed by atoms with E-state index >= 15 is 0 Å². The minimum atomic E-state index is 0. The summed E-state index contributed by atoms with van der Waals surface area (Å²) < 4.78 is 4.94. The zero-order valence-corrected chi connectivity index (χ0v) is 16.4. The summed E-state index contributed by atoms with van der Waals surface area (Å²) >= 11 is 0. The molecule has 130 valence electrons. The minimum Gasteiger partial charge on any atom is -0.386 e. The van der Waals surface area contributed by atoms with Crippen LogP contribution in [0.15, 0.2) is 30.4 Å². The number of allylic oxidation sites excluding steroid dienone is 1. The second kappa shape index (κ2) is 13.5. The predicted octanol–water partition coefficient (Wildman–Crippen LogP) is 2.93. The van der Waals surface area contributed by atoms with Gasteiger partial charge in [0.1, 0.15) is 0 Å². The number of para-hydroxylation sites is 1. The van der Waals surface area contributed by atoms with Gasteiger partial charge in [-0.15, -0.1) is 0 Å². The third-order valence-electron chi connectivity index (χ3n) is 3.98. The van der Waals surface area contributed by atoms with E-state index in [0.29, 0.717) is 11.8 Å². The standard InChI is InChI=1S/C17H26N.C4H8O.Li/c1-6-7-8-12-18-17-15(13(2)3)10-9-11-16(17)14(4)5;1-2-4-5-3-1;/h6-7,9-11,13-14,18H,1,8,12H2,2-5H3;1-4H2;/q-1;;+1. The van der Waals surface area contributed by atoms with Crippen molar-refractivity contribution in [3.63, 3.8) is 0 Å². The Kier molecular flexibility index (Phi) is 13.0. The van der Waals surface area contributed by atoms with E-state index in [1.807, 2.05) is 6.08 Å². The molecule has 0 bridgehead atoms. The van der Waals surface area contributed by atoms with Crippen LogP contribution in [0.3, 0.4) is 0 Å². The first-order valence-electron chi connectivity index (χ1n) is 8.96. The maximum absolute atomic E-state index is 4.94. The molecule has 0 atom stereocenters. The van der Waals surface area contributed by atoms with Crippen molar-refractivity contribution in [3.05, 3.63) is 48.4 Å². The Hall–Kier alpha value is -0.813. The third-order valence-corrected chi connectivity index (χ3v) is 3.98. The van der Waals surface area contributed by atoms with E-state index in [9.17, 15) is 0 Å². The molecule has 0 aromatic heterocycles. The summed E-state index contributed by atoms with van der Waals surface area (Å²) in [4.78, 5) is 0. The topological polar surface area (TPSA) is 21.3 Å². The van der Waals surface area contributed by atoms with Crippen molar-refractivity contribution < 1.29 is 23.6 Å². The first-order valence-corrected chi connectivity index (χ1v) is 8.96. The van der Waals surface area contributed by atoms with E-state index in [1.165, 1.54) is 29.7 Å². The Bertz CT molecular complexity index is 431. The zero-order valence-electron chi connectivity index (χ0n) is 16.4. The van der Waals surface area contributed by atoms with Crippen molar-refractivity contribution in [1.29, 1.82) is 0 Å². The van der Waals surface area contributed by atoms with Gasteiger partial charge < -0.3 is 10.1 Å². The number of ether oxygens (including phenoxy) is 1. The smallest absolute Gasteiger partial charge is 0.386 e. The summed E-state index contributed by atoms with van der Waals surface area (Å²) in [6.07, 6.45) is 7.53. The molecule has 1 aromatic carbocycles. The van der Waals surface area contributed by atoms with Crippen LogP contribution in [0.2, 0.25) is 0 Å². The fraction of sp³-hybridized carbons (Fsp3) is 0.571. The Morgan fingerprint density at radius 1 is 1.08 bits per heavy atom. The van der Waals surface area contributed by atoms with E-state index in [-0.39, 0.29) is 18.9 Å². The minimum absolute atomic E-state index is 0. The maximum Gasteiger partial charge on any atom is 1.00 e. The molecule has 24 heavy (non-hydrogen) atoms. The molecule has 0 aliphatic carbocycles. The molecular formula is C21H34LiNO. The predicted molar refractivity (Wildman–Crippen MR) is 102 cm³/mol. The van der Waals surface area contributed by atoms with Gasteiger partial charge in [0.05, 0.1) is 0 Å². The summed E-state index contributed by atoms with van der Waals surface area (Å²) in [7, 11) is 0. The number of anilines is 1. The molecule has 1 aromatic rings. The van der Waals surface area contributed by atoms with Crippen LogP contribution in [0.1, 0.15) is 69.9 Å². The van der Waals surface area contributed by atoms with Gasteiger partial charge in [-0.1, -0.05) is 52.3 Å². The normalized spacial score (nSPS) is 13.8. The molecule has 0 radical (unpaired) electrons. The van der Waals surface area contributed by atoms with Gasteiger partial charge >= 0.3 is 18.9 Å². The fourth-order valence-corrected chi connectivity index (χ4v) is 2.66. The average molecular weight is 323 g/mol. The third kappa shape index (κ3) is 8.33. The van der Waals surface area contributed by atoms with Gasteiger partial charge in [-0.05, 0) is 35.8 Å². The molecule has 0 spiro atoms. The maximum atomic E-state index is 4.94. The Labute approximate surface area is 161 Å². The fourth-order valence-electron chi connectivity index (χ4n) is 2.66. The molecule has 3 heteroatoms. The summed E-state index contributed by atoms with van der Waals surface area (Å²) in [5.74, 6) is 1.10. The van der Waals surface area contributed by atoms with Gasteiger partial charge in [0.15, 0.2) is 0 Å². The summed E-state index contributed by atoms with van der Waals surface area (Å²) in [5.41, 5.74) is 4.17. The van der Waals surface area contributed by atoms with Gasteiger partial charge in [-0.3, -0.25) is 0 Å². The first-order chi connectivity index (χ1) is 11.1. The summed E-state index contributed by atoms with van der Waals surface area (Å²) in [5, 5.41) is 3.60. The second-order valence-electron chi connectivity index (χ2n) is 6.63. The van der Waals surface area contributed by atoms with Crippen molar-refractivity contribution in [2.75, 3.05) is 25.1 Å². The SMILES string of the molecule is C1CCOC1.[CH2-]C=CCCNc1c(C(C)C)cccc1C(C)C.[Li+]. The number of hydrogen-bond acceptors (Lipinski definition) is 2. The summed E-state index contributed by atoms with van der Waals surface area (Å²) in [6.45, 7) is 15.7. The van der Waals surface area contributed by atoms with Crippen LogP contribution in [0, 0.1) is 6.92 Å². The largest absolute Gasteiger partial charge is 1.00 e. The Morgan fingerprint density at radius 2 is 1.62 bits per heavy atom. The van der Waals surface area contributed by atoms with Crippen molar-refractivity contribution in [1.82, 2.24) is 0 Å². The summed E-state index contributed by atoms with van der Waals surface area (Å²) in [6, 6.07) is 6.64. The van der Waals surface area contributed by atoms with Crippen LogP contribution in [0.4, 0.5) is 5.69 Å². The van der Waals surface area contributed by atoms with Crippen molar-refractivity contribution in [2.45, 2.75) is 58.8 Å². The molecule has 1 N–H and O–H groups in total. The average Bonchev–Trinajstić information content (AvgIpc) is 3.10. The Morgan fingerprint density at radius 3 is 2.00 bits per heavy atom.